The maximum Gasteiger partial charge on any atom is 0.118 e. The molecule has 0 aliphatic carbocycles. The van der Waals surface area contributed by atoms with Crippen molar-refractivity contribution < 1.29 is 9.84 Å². The second-order valence-electron chi connectivity index (χ2n) is 4.28. The molecule has 4 nitrogen and oxygen atoms in total. The van der Waals surface area contributed by atoms with Gasteiger partial charge in [-0.1, -0.05) is 12.1 Å². The van der Waals surface area contributed by atoms with E-state index in [-0.39, 0.29) is 6.10 Å². The van der Waals surface area contributed by atoms with Crippen LogP contribution >= 0.6 is 0 Å². The molecular formula is C13H22N2O2. The van der Waals surface area contributed by atoms with E-state index in [1.807, 2.05) is 31.3 Å². The van der Waals surface area contributed by atoms with Gasteiger partial charge in [0.25, 0.3) is 0 Å². The Morgan fingerprint density at radius 2 is 2.00 bits per heavy atom. The summed E-state index contributed by atoms with van der Waals surface area (Å²) in [5.41, 5.74) is 6.60. The minimum absolute atomic E-state index is 0.344. The molecule has 0 radical (unpaired) electrons. The summed E-state index contributed by atoms with van der Waals surface area (Å²) in [6.07, 6.45) is 0.302. The standard InChI is InChI=1S/C13H22N2O2/c1-15(10-12(16)7-8-14)9-11-3-5-13(17-2)6-4-11/h3-6,12,16H,7-10,14H2,1-2H3. The van der Waals surface area contributed by atoms with Crippen LogP contribution in [0.3, 0.4) is 0 Å². The van der Waals surface area contributed by atoms with Crippen LogP contribution in [0, 0.1) is 0 Å². The molecule has 0 fully saturated rings. The second kappa shape index (κ2) is 7.27. The van der Waals surface area contributed by atoms with Gasteiger partial charge < -0.3 is 15.6 Å². The number of ether oxygens (including phenoxy) is 1. The molecule has 0 bridgehead atoms. The highest BCUT2D eigenvalue weighted by Gasteiger charge is 2.07. The Kier molecular flexibility index (Phi) is 5.97. The zero-order valence-corrected chi connectivity index (χ0v) is 10.6. The number of hydrogen-bond donors (Lipinski definition) is 2. The van der Waals surface area contributed by atoms with Crippen molar-refractivity contribution in [3.63, 3.8) is 0 Å². The zero-order valence-electron chi connectivity index (χ0n) is 10.6. The van der Waals surface area contributed by atoms with E-state index in [1.165, 1.54) is 5.56 Å². The van der Waals surface area contributed by atoms with Gasteiger partial charge in [0.2, 0.25) is 0 Å². The van der Waals surface area contributed by atoms with Crippen LogP contribution < -0.4 is 10.5 Å². The minimum Gasteiger partial charge on any atom is -0.497 e. The predicted octanol–water partition coefficient (Wildman–Crippen LogP) is 0.837. The van der Waals surface area contributed by atoms with Crippen molar-refractivity contribution in [1.82, 2.24) is 4.90 Å². The van der Waals surface area contributed by atoms with Crippen LogP contribution in [0.4, 0.5) is 0 Å². The number of rotatable bonds is 7. The molecule has 1 rings (SSSR count). The Bertz CT molecular complexity index is 314. The van der Waals surface area contributed by atoms with Crippen LogP contribution in [0.1, 0.15) is 12.0 Å². The van der Waals surface area contributed by atoms with Gasteiger partial charge in [0, 0.05) is 13.1 Å². The fourth-order valence-electron chi connectivity index (χ4n) is 1.75. The van der Waals surface area contributed by atoms with Crippen LogP contribution in [-0.4, -0.2) is 43.4 Å². The van der Waals surface area contributed by atoms with E-state index >= 15 is 0 Å². The minimum atomic E-state index is -0.344. The molecule has 1 aromatic rings. The average Bonchev–Trinajstić information content (AvgIpc) is 2.30. The first-order valence-electron chi connectivity index (χ1n) is 5.85. The van der Waals surface area contributed by atoms with E-state index in [0.717, 1.165) is 12.3 Å². The summed E-state index contributed by atoms with van der Waals surface area (Å²) in [5, 5.41) is 9.64. The number of hydrogen-bond acceptors (Lipinski definition) is 4. The first-order valence-corrected chi connectivity index (χ1v) is 5.85. The molecule has 0 spiro atoms. The Morgan fingerprint density at radius 3 is 2.53 bits per heavy atom. The van der Waals surface area contributed by atoms with Gasteiger partial charge in [0.05, 0.1) is 13.2 Å². The molecule has 17 heavy (non-hydrogen) atoms. The number of nitrogens with zero attached hydrogens (tertiary/aromatic N) is 1. The Balaban J connectivity index is 2.41. The molecule has 4 heteroatoms. The van der Waals surface area contributed by atoms with Gasteiger partial charge in [-0.05, 0) is 37.7 Å². The largest absolute Gasteiger partial charge is 0.497 e. The van der Waals surface area contributed by atoms with Crippen LogP contribution in [0.15, 0.2) is 24.3 Å². The van der Waals surface area contributed by atoms with Gasteiger partial charge >= 0.3 is 0 Å². The van der Waals surface area contributed by atoms with Gasteiger partial charge in [0.15, 0.2) is 0 Å². The van der Waals surface area contributed by atoms with E-state index in [2.05, 4.69) is 4.90 Å². The summed E-state index contributed by atoms with van der Waals surface area (Å²) < 4.78 is 5.10. The van der Waals surface area contributed by atoms with Gasteiger partial charge in [-0.2, -0.15) is 0 Å². The molecule has 0 aliphatic rings. The van der Waals surface area contributed by atoms with E-state index < -0.39 is 0 Å². The van der Waals surface area contributed by atoms with E-state index in [1.54, 1.807) is 7.11 Å². The third-order valence-corrected chi connectivity index (χ3v) is 2.63. The molecule has 0 amide bonds. The van der Waals surface area contributed by atoms with Crippen molar-refractivity contribution >= 4 is 0 Å². The third-order valence-electron chi connectivity index (χ3n) is 2.63. The number of nitrogens with two attached hydrogens (primary N) is 1. The lowest BCUT2D eigenvalue weighted by molar-refractivity contribution is 0.117. The highest BCUT2D eigenvalue weighted by atomic mass is 16.5. The highest BCUT2D eigenvalue weighted by molar-refractivity contribution is 5.27. The molecule has 96 valence electrons. The van der Waals surface area contributed by atoms with Crippen molar-refractivity contribution in [1.29, 1.82) is 0 Å². The average molecular weight is 238 g/mol. The summed E-state index contributed by atoms with van der Waals surface area (Å²) in [5.74, 6) is 0.861. The third kappa shape index (κ3) is 5.17. The number of methoxy groups -OCH3 is 1. The lowest BCUT2D eigenvalue weighted by atomic mass is 10.2. The van der Waals surface area contributed by atoms with Crippen molar-refractivity contribution in [2.24, 2.45) is 5.73 Å². The Morgan fingerprint density at radius 1 is 1.35 bits per heavy atom. The molecule has 1 atom stereocenters. The topological polar surface area (TPSA) is 58.7 Å². The van der Waals surface area contributed by atoms with Crippen molar-refractivity contribution in [2.75, 3.05) is 27.2 Å². The molecule has 0 saturated heterocycles. The summed E-state index contributed by atoms with van der Waals surface area (Å²) in [6, 6.07) is 7.95. The van der Waals surface area contributed by atoms with Crippen LogP contribution in [0.5, 0.6) is 5.75 Å². The fourth-order valence-corrected chi connectivity index (χ4v) is 1.75. The number of aliphatic hydroxyl groups is 1. The molecule has 0 aliphatic heterocycles. The summed E-state index contributed by atoms with van der Waals surface area (Å²) in [6.45, 7) is 1.98. The predicted molar refractivity (Wildman–Crippen MR) is 69.0 cm³/mol. The quantitative estimate of drug-likeness (QED) is 0.739. The van der Waals surface area contributed by atoms with E-state index in [4.69, 9.17) is 10.5 Å². The fraction of sp³-hybridized carbons (Fsp3) is 0.538. The highest BCUT2D eigenvalue weighted by Crippen LogP contribution is 2.12. The normalized spacial score (nSPS) is 12.8. The maximum absolute atomic E-state index is 9.64. The summed E-state index contributed by atoms with van der Waals surface area (Å²) in [7, 11) is 3.65. The maximum atomic E-state index is 9.64. The lowest BCUT2D eigenvalue weighted by Crippen LogP contribution is -2.30. The Hall–Kier alpha value is -1.10. The second-order valence-corrected chi connectivity index (χ2v) is 4.28. The monoisotopic (exact) mass is 238 g/mol. The molecule has 0 heterocycles. The summed E-state index contributed by atoms with van der Waals surface area (Å²) >= 11 is 0. The lowest BCUT2D eigenvalue weighted by Gasteiger charge is -2.20. The van der Waals surface area contributed by atoms with E-state index in [0.29, 0.717) is 19.5 Å². The number of aliphatic hydroxyl groups excluding tert-OH is 1. The van der Waals surface area contributed by atoms with Crippen LogP contribution in [0.25, 0.3) is 0 Å². The van der Waals surface area contributed by atoms with Crippen molar-refractivity contribution in [3.8, 4) is 5.75 Å². The molecule has 1 aromatic carbocycles. The van der Waals surface area contributed by atoms with Gasteiger partial charge in [0.1, 0.15) is 5.75 Å². The van der Waals surface area contributed by atoms with Crippen LogP contribution in [-0.2, 0) is 6.54 Å². The van der Waals surface area contributed by atoms with Gasteiger partial charge in [-0.25, -0.2) is 0 Å². The van der Waals surface area contributed by atoms with Gasteiger partial charge in [-0.3, -0.25) is 4.90 Å². The smallest absolute Gasteiger partial charge is 0.118 e. The Labute approximate surface area is 103 Å². The first kappa shape index (κ1) is 14.0. The molecule has 1 unspecified atom stereocenters. The first-order chi connectivity index (χ1) is 8.15. The number of benzene rings is 1. The van der Waals surface area contributed by atoms with E-state index in [9.17, 15) is 5.11 Å². The SMILES string of the molecule is COc1ccc(CN(C)CC(O)CCN)cc1. The molecule has 3 N–H and O–H groups in total. The van der Waals surface area contributed by atoms with Crippen molar-refractivity contribution in [3.05, 3.63) is 29.8 Å². The van der Waals surface area contributed by atoms with Crippen molar-refractivity contribution in [2.45, 2.75) is 19.1 Å². The zero-order chi connectivity index (χ0) is 12.7. The molecule has 0 saturated carbocycles. The molecular weight excluding hydrogens is 216 g/mol. The van der Waals surface area contributed by atoms with Gasteiger partial charge in [-0.15, -0.1) is 0 Å². The summed E-state index contributed by atoms with van der Waals surface area (Å²) in [4.78, 5) is 2.09. The number of likely N-dealkylation sites (N-methyl/N-ethyl adjacent to an activating group) is 1. The van der Waals surface area contributed by atoms with Crippen LogP contribution in [0.2, 0.25) is 0 Å². The molecule has 0 aromatic heterocycles.